The molecule has 2 aromatic carbocycles. The zero-order valence-corrected chi connectivity index (χ0v) is 19.6. The van der Waals surface area contributed by atoms with Crippen LogP contribution in [0.15, 0.2) is 60.2 Å². The third-order valence-electron chi connectivity index (χ3n) is 6.19. The van der Waals surface area contributed by atoms with Gasteiger partial charge in [0.05, 0.1) is 21.9 Å². The number of carbonyl (C=O) groups is 4. The number of rotatable bonds is 5. The molecule has 2 aromatic rings. The lowest BCUT2D eigenvalue weighted by Gasteiger charge is -2.34. The Morgan fingerprint density at radius 1 is 0.970 bits per heavy atom. The minimum Gasteiger partial charge on any atom is -0.292 e. The minimum atomic E-state index is -1.11. The van der Waals surface area contributed by atoms with Crippen molar-refractivity contribution >= 4 is 46.7 Å². The van der Waals surface area contributed by atoms with Crippen LogP contribution in [-0.2, 0) is 9.59 Å². The summed E-state index contributed by atoms with van der Waals surface area (Å²) in [4.78, 5) is 53.7. The highest BCUT2D eigenvalue weighted by Gasteiger charge is 2.53. The summed E-state index contributed by atoms with van der Waals surface area (Å²) in [6.07, 6.45) is 2.81. The first-order chi connectivity index (χ1) is 15.7. The molecule has 0 bridgehead atoms. The number of imide groups is 1. The van der Waals surface area contributed by atoms with Crippen LogP contribution in [0.4, 0.5) is 0 Å². The van der Waals surface area contributed by atoms with Gasteiger partial charge in [-0.25, -0.2) is 5.01 Å². The van der Waals surface area contributed by atoms with Gasteiger partial charge in [-0.1, -0.05) is 65.2 Å². The van der Waals surface area contributed by atoms with E-state index in [1.807, 2.05) is 13.0 Å². The standard InChI is InChI=1S/C25H22Cl2N2O4/c1-14-8-10-18-19(12-14)25(33)29(24(18)32)28(15(2)22(30)16-6-4-3-5-7-16)23(31)17-9-11-20(26)21(27)13-17/h3-9,11,13,15,18-19H,10,12H2,1-2H3/t15-,18+,19-/m1/s1. The van der Waals surface area contributed by atoms with Crippen LogP contribution in [0, 0.1) is 11.8 Å². The van der Waals surface area contributed by atoms with Crippen molar-refractivity contribution in [2.75, 3.05) is 0 Å². The number of benzene rings is 2. The van der Waals surface area contributed by atoms with Gasteiger partial charge >= 0.3 is 0 Å². The number of amides is 3. The first kappa shape index (κ1) is 23.2. The summed E-state index contributed by atoms with van der Waals surface area (Å²) in [5.74, 6) is -3.13. The normalized spacial score (nSPS) is 20.8. The third kappa shape index (κ3) is 4.21. The van der Waals surface area contributed by atoms with Gasteiger partial charge in [0.2, 0.25) is 0 Å². The SMILES string of the molecule is CC1=CC[C@@H]2C(=O)N(N(C(=O)c3ccc(Cl)c(Cl)c3)[C@H](C)C(=O)c3ccccc3)C(=O)[C@@H]2C1. The summed E-state index contributed by atoms with van der Waals surface area (Å²) in [5.41, 5.74) is 1.50. The molecule has 170 valence electrons. The van der Waals surface area contributed by atoms with E-state index in [4.69, 9.17) is 23.2 Å². The molecular formula is C25H22Cl2N2O4. The number of Topliss-reactive ketones (excluding diaryl/α,β-unsaturated/α-hetero) is 1. The average Bonchev–Trinajstić information content (AvgIpc) is 3.05. The Balaban J connectivity index is 1.76. The Morgan fingerprint density at radius 3 is 2.30 bits per heavy atom. The number of carbonyl (C=O) groups excluding carboxylic acids is 4. The molecule has 0 N–H and O–H groups in total. The molecule has 1 fully saturated rings. The zero-order chi connectivity index (χ0) is 23.9. The van der Waals surface area contributed by atoms with Gasteiger partial charge in [0.25, 0.3) is 17.7 Å². The highest BCUT2D eigenvalue weighted by molar-refractivity contribution is 6.42. The maximum atomic E-state index is 13.6. The molecule has 3 atom stereocenters. The Hall–Kier alpha value is -2.96. The fourth-order valence-electron chi connectivity index (χ4n) is 4.39. The molecule has 8 heteroatoms. The molecule has 1 heterocycles. The number of fused-ring (bicyclic) bond motifs is 1. The molecule has 0 radical (unpaired) electrons. The second-order valence-corrected chi connectivity index (χ2v) is 9.19. The topological polar surface area (TPSA) is 74.8 Å². The van der Waals surface area contributed by atoms with Crippen LogP contribution in [0.1, 0.15) is 47.4 Å². The molecule has 33 heavy (non-hydrogen) atoms. The van der Waals surface area contributed by atoms with Crippen LogP contribution in [-0.4, -0.2) is 39.6 Å². The zero-order valence-electron chi connectivity index (χ0n) is 18.1. The number of nitrogens with zero attached hydrogens (tertiary/aromatic N) is 2. The van der Waals surface area contributed by atoms with E-state index in [0.717, 1.165) is 15.6 Å². The van der Waals surface area contributed by atoms with Gasteiger partial charge in [-0.15, -0.1) is 0 Å². The fraction of sp³-hybridized carbons (Fsp3) is 0.280. The van der Waals surface area contributed by atoms with Gasteiger partial charge in [0.15, 0.2) is 5.78 Å². The van der Waals surface area contributed by atoms with Crippen molar-refractivity contribution in [1.29, 1.82) is 0 Å². The maximum absolute atomic E-state index is 13.6. The molecule has 0 saturated carbocycles. The van der Waals surface area contributed by atoms with E-state index in [-0.39, 0.29) is 15.6 Å². The van der Waals surface area contributed by atoms with E-state index in [1.165, 1.54) is 25.1 Å². The van der Waals surface area contributed by atoms with Crippen LogP contribution in [0.3, 0.4) is 0 Å². The van der Waals surface area contributed by atoms with Crippen molar-refractivity contribution < 1.29 is 19.2 Å². The lowest BCUT2D eigenvalue weighted by Crippen LogP contribution is -2.56. The van der Waals surface area contributed by atoms with Crippen molar-refractivity contribution in [2.24, 2.45) is 11.8 Å². The summed E-state index contributed by atoms with van der Waals surface area (Å²) in [6, 6.07) is 11.6. The first-order valence-corrected chi connectivity index (χ1v) is 11.4. The number of ketones is 1. The number of halogens is 2. The number of hydrazine groups is 1. The lowest BCUT2D eigenvalue weighted by molar-refractivity contribution is -0.156. The monoisotopic (exact) mass is 484 g/mol. The predicted molar refractivity (Wildman–Crippen MR) is 125 cm³/mol. The molecule has 0 spiro atoms. The summed E-state index contributed by atoms with van der Waals surface area (Å²) in [6.45, 7) is 3.42. The number of hydrogen-bond donors (Lipinski definition) is 0. The molecule has 2 aliphatic rings. The average molecular weight is 485 g/mol. The fourth-order valence-corrected chi connectivity index (χ4v) is 4.69. The second kappa shape index (κ2) is 9.12. The highest BCUT2D eigenvalue weighted by Crippen LogP contribution is 2.39. The van der Waals surface area contributed by atoms with E-state index in [1.54, 1.807) is 30.3 Å². The van der Waals surface area contributed by atoms with Gasteiger partial charge in [-0.05, 0) is 44.9 Å². The Morgan fingerprint density at radius 2 is 1.64 bits per heavy atom. The van der Waals surface area contributed by atoms with Crippen LogP contribution >= 0.6 is 23.2 Å². The molecule has 0 aromatic heterocycles. The second-order valence-electron chi connectivity index (χ2n) is 8.38. The van der Waals surface area contributed by atoms with Crippen LogP contribution in [0.5, 0.6) is 0 Å². The first-order valence-electron chi connectivity index (χ1n) is 10.6. The Labute approximate surface area is 201 Å². The van der Waals surface area contributed by atoms with Gasteiger partial charge in [-0.2, -0.15) is 5.01 Å². The highest BCUT2D eigenvalue weighted by atomic mass is 35.5. The number of allylic oxidation sites excluding steroid dienone is 2. The third-order valence-corrected chi connectivity index (χ3v) is 6.93. The van der Waals surface area contributed by atoms with Crippen molar-refractivity contribution in [3.8, 4) is 0 Å². The summed E-state index contributed by atoms with van der Waals surface area (Å²) in [7, 11) is 0. The van der Waals surface area contributed by atoms with Crippen molar-refractivity contribution in [3.63, 3.8) is 0 Å². The quantitative estimate of drug-likeness (QED) is 0.341. The van der Waals surface area contributed by atoms with E-state index in [0.29, 0.717) is 18.4 Å². The maximum Gasteiger partial charge on any atom is 0.273 e. The van der Waals surface area contributed by atoms with E-state index >= 15 is 0 Å². The minimum absolute atomic E-state index is 0.113. The van der Waals surface area contributed by atoms with Crippen molar-refractivity contribution in [3.05, 3.63) is 81.4 Å². The lowest BCUT2D eigenvalue weighted by atomic mass is 9.82. The van der Waals surface area contributed by atoms with E-state index in [9.17, 15) is 19.2 Å². The summed E-state index contributed by atoms with van der Waals surface area (Å²) >= 11 is 12.1. The van der Waals surface area contributed by atoms with Crippen LogP contribution in [0.25, 0.3) is 0 Å². The molecule has 1 aliphatic carbocycles. The van der Waals surface area contributed by atoms with E-state index in [2.05, 4.69) is 0 Å². The van der Waals surface area contributed by atoms with Gasteiger partial charge in [0.1, 0.15) is 6.04 Å². The smallest absolute Gasteiger partial charge is 0.273 e. The molecule has 6 nitrogen and oxygen atoms in total. The number of hydrogen-bond acceptors (Lipinski definition) is 4. The molecule has 4 rings (SSSR count). The van der Waals surface area contributed by atoms with Crippen molar-refractivity contribution in [1.82, 2.24) is 10.0 Å². The Kier molecular flexibility index (Phi) is 6.41. The molecule has 1 aliphatic heterocycles. The summed E-state index contributed by atoms with van der Waals surface area (Å²) < 4.78 is 0. The van der Waals surface area contributed by atoms with Crippen LogP contribution < -0.4 is 0 Å². The van der Waals surface area contributed by atoms with E-state index < -0.39 is 41.4 Å². The summed E-state index contributed by atoms with van der Waals surface area (Å²) in [5, 5.41) is 2.26. The molecule has 1 saturated heterocycles. The Bertz CT molecular complexity index is 1180. The van der Waals surface area contributed by atoms with Gasteiger partial charge in [0, 0.05) is 11.1 Å². The molecule has 0 unspecified atom stereocenters. The van der Waals surface area contributed by atoms with Crippen molar-refractivity contribution in [2.45, 2.75) is 32.7 Å². The van der Waals surface area contributed by atoms with Crippen LogP contribution in [0.2, 0.25) is 10.0 Å². The van der Waals surface area contributed by atoms with Gasteiger partial charge < -0.3 is 0 Å². The molecular weight excluding hydrogens is 463 g/mol. The van der Waals surface area contributed by atoms with Gasteiger partial charge in [-0.3, -0.25) is 19.2 Å². The predicted octanol–water partition coefficient (Wildman–Crippen LogP) is 4.96. The molecule has 3 amide bonds. The largest absolute Gasteiger partial charge is 0.292 e.